The minimum absolute atomic E-state index is 0.303. The average molecular weight is 434 g/mol. The third kappa shape index (κ3) is 3.18. The molecule has 0 unspecified atom stereocenters. The van der Waals surface area contributed by atoms with Crippen LogP contribution in [0.3, 0.4) is 0 Å². The van der Waals surface area contributed by atoms with Gasteiger partial charge in [0.25, 0.3) is 11.1 Å². The van der Waals surface area contributed by atoms with Crippen LogP contribution < -0.4 is 4.90 Å². The number of para-hydroxylation sites is 1. The molecular weight excluding hydrogens is 414 g/mol. The van der Waals surface area contributed by atoms with Gasteiger partial charge in [-0.1, -0.05) is 18.2 Å². The molecule has 1 saturated heterocycles. The first-order valence-corrected chi connectivity index (χ1v) is 11.0. The van der Waals surface area contributed by atoms with Crippen LogP contribution in [-0.4, -0.2) is 15.7 Å². The second-order valence-electron chi connectivity index (χ2n) is 7.09. The first kappa shape index (κ1) is 20.2. The zero-order valence-electron chi connectivity index (χ0n) is 17.0. The Kier molecular flexibility index (Phi) is 5.14. The standard InChI is InChI=1S/C23H19N3O2S2/c1-13-10-17(15(3)25(13)22-19(12-24)14(2)16(4)29-22)11-20-21(27)26(23(28)30-20)18-8-6-5-7-9-18/h5-11H,1-4H3. The molecule has 7 heteroatoms. The highest BCUT2D eigenvalue weighted by atomic mass is 32.2. The number of nitrogens with zero attached hydrogens (tertiary/aromatic N) is 3. The number of amides is 2. The van der Waals surface area contributed by atoms with Crippen LogP contribution in [-0.2, 0) is 4.79 Å². The number of thioether (sulfide) groups is 1. The third-order valence-corrected chi connectivity index (χ3v) is 7.31. The maximum absolute atomic E-state index is 12.9. The summed E-state index contributed by atoms with van der Waals surface area (Å²) in [5, 5.41) is 10.2. The van der Waals surface area contributed by atoms with Crippen LogP contribution in [0.1, 0.15) is 33.0 Å². The van der Waals surface area contributed by atoms with Crippen LogP contribution in [0.15, 0.2) is 41.3 Å². The minimum Gasteiger partial charge on any atom is -0.308 e. The molecule has 0 aliphatic carbocycles. The number of benzene rings is 1. The number of anilines is 1. The Morgan fingerprint density at radius 2 is 1.77 bits per heavy atom. The molecule has 150 valence electrons. The van der Waals surface area contributed by atoms with E-state index in [0.717, 1.165) is 44.2 Å². The SMILES string of the molecule is Cc1sc(-n2c(C)cc(C=C3SC(=O)N(c4ccccc4)C3=O)c2C)c(C#N)c1C. The largest absolute Gasteiger partial charge is 0.308 e. The topological polar surface area (TPSA) is 66.1 Å². The first-order chi connectivity index (χ1) is 14.3. The molecule has 0 N–H and O–H groups in total. The smallest absolute Gasteiger partial charge is 0.298 e. The molecule has 2 aromatic heterocycles. The van der Waals surface area contributed by atoms with E-state index < -0.39 is 0 Å². The summed E-state index contributed by atoms with van der Waals surface area (Å²) in [7, 11) is 0. The number of hydrogen-bond acceptors (Lipinski definition) is 5. The Labute approximate surface area is 183 Å². The van der Waals surface area contributed by atoms with Crippen molar-refractivity contribution < 1.29 is 9.59 Å². The lowest BCUT2D eigenvalue weighted by Gasteiger charge is -2.11. The van der Waals surface area contributed by atoms with Crippen LogP contribution in [0.5, 0.6) is 0 Å². The van der Waals surface area contributed by atoms with Crippen LogP contribution in [0.25, 0.3) is 11.1 Å². The van der Waals surface area contributed by atoms with E-state index in [0.29, 0.717) is 16.2 Å². The molecule has 1 aliphatic rings. The molecule has 1 aliphatic heterocycles. The summed E-state index contributed by atoms with van der Waals surface area (Å²) in [5.74, 6) is -0.318. The van der Waals surface area contributed by atoms with E-state index in [9.17, 15) is 14.9 Å². The van der Waals surface area contributed by atoms with Gasteiger partial charge in [0, 0.05) is 16.3 Å². The van der Waals surface area contributed by atoms with Crippen molar-refractivity contribution in [3.63, 3.8) is 0 Å². The fraction of sp³-hybridized carbons (Fsp3) is 0.174. The number of thiophene rings is 1. The Morgan fingerprint density at radius 3 is 2.43 bits per heavy atom. The highest BCUT2D eigenvalue weighted by Gasteiger charge is 2.36. The molecular formula is C23H19N3O2S2. The van der Waals surface area contributed by atoms with Gasteiger partial charge < -0.3 is 4.57 Å². The fourth-order valence-electron chi connectivity index (χ4n) is 3.55. The van der Waals surface area contributed by atoms with E-state index in [1.54, 1.807) is 41.7 Å². The van der Waals surface area contributed by atoms with Crippen molar-refractivity contribution in [2.24, 2.45) is 0 Å². The zero-order chi connectivity index (χ0) is 21.6. The van der Waals surface area contributed by atoms with Gasteiger partial charge in [-0.15, -0.1) is 11.3 Å². The lowest BCUT2D eigenvalue weighted by molar-refractivity contribution is -0.113. The van der Waals surface area contributed by atoms with Gasteiger partial charge in [0.2, 0.25) is 0 Å². The number of carbonyl (C=O) groups excluding carboxylic acids is 2. The van der Waals surface area contributed by atoms with E-state index >= 15 is 0 Å². The van der Waals surface area contributed by atoms with E-state index in [4.69, 9.17) is 0 Å². The lowest BCUT2D eigenvalue weighted by Crippen LogP contribution is -2.27. The maximum Gasteiger partial charge on any atom is 0.298 e. The normalized spacial score (nSPS) is 15.3. The van der Waals surface area contributed by atoms with Crippen molar-refractivity contribution >= 4 is 46.0 Å². The highest BCUT2D eigenvalue weighted by molar-refractivity contribution is 8.19. The summed E-state index contributed by atoms with van der Waals surface area (Å²) in [6, 6.07) is 13.2. The zero-order valence-corrected chi connectivity index (χ0v) is 18.6. The first-order valence-electron chi connectivity index (χ1n) is 9.36. The molecule has 0 bridgehead atoms. The van der Waals surface area contributed by atoms with Gasteiger partial charge >= 0.3 is 0 Å². The number of rotatable bonds is 3. The highest BCUT2D eigenvalue weighted by Crippen LogP contribution is 2.38. The maximum atomic E-state index is 12.9. The number of nitriles is 1. The second-order valence-corrected chi connectivity index (χ2v) is 9.29. The molecule has 3 aromatic rings. The average Bonchev–Trinajstić information content (AvgIpc) is 3.27. The summed E-state index contributed by atoms with van der Waals surface area (Å²) < 4.78 is 2.05. The van der Waals surface area contributed by atoms with Crippen LogP contribution in [0.2, 0.25) is 0 Å². The number of imide groups is 1. The predicted molar refractivity (Wildman–Crippen MR) is 122 cm³/mol. The minimum atomic E-state index is -0.318. The van der Waals surface area contributed by atoms with E-state index in [1.165, 1.54) is 4.90 Å². The Hall–Kier alpha value is -3.08. The summed E-state index contributed by atoms with van der Waals surface area (Å²) in [6.07, 6.45) is 1.77. The van der Waals surface area contributed by atoms with Crippen LogP contribution >= 0.6 is 23.1 Å². The summed E-state index contributed by atoms with van der Waals surface area (Å²) in [4.78, 5) is 28.1. The molecule has 4 rings (SSSR count). The van der Waals surface area contributed by atoms with Gasteiger partial charge in [0.05, 0.1) is 16.2 Å². The lowest BCUT2D eigenvalue weighted by atomic mass is 10.2. The molecule has 1 aromatic carbocycles. The molecule has 0 spiro atoms. The summed E-state index contributed by atoms with van der Waals surface area (Å²) >= 11 is 2.53. The molecule has 5 nitrogen and oxygen atoms in total. The van der Waals surface area contributed by atoms with Crippen molar-refractivity contribution in [2.45, 2.75) is 27.7 Å². The number of carbonyl (C=O) groups is 2. The molecule has 1 fully saturated rings. The van der Waals surface area contributed by atoms with E-state index in [-0.39, 0.29) is 11.1 Å². The van der Waals surface area contributed by atoms with E-state index in [1.807, 2.05) is 39.8 Å². The Bertz CT molecular complexity index is 1260. The summed E-state index contributed by atoms with van der Waals surface area (Å²) in [5.41, 5.74) is 5.00. The monoisotopic (exact) mass is 433 g/mol. The number of hydrogen-bond donors (Lipinski definition) is 0. The van der Waals surface area contributed by atoms with Crippen molar-refractivity contribution in [1.82, 2.24) is 4.57 Å². The number of aromatic nitrogens is 1. The molecule has 2 amide bonds. The second kappa shape index (κ2) is 7.63. The molecule has 0 atom stereocenters. The van der Waals surface area contributed by atoms with Gasteiger partial charge in [-0.05, 0) is 74.9 Å². The van der Waals surface area contributed by atoms with Crippen LogP contribution in [0.4, 0.5) is 10.5 Å². The molecule has 0 radical (unpaired) electrons. The molecule has 30 heavy (non-hydrogen) atoms. The quantitative estimate of drug-likeness (QED) is 0.484. The summed E-state index contributed by atoms with van der Waals surface area (Å²) in [6.45, 7) is 7.92. The van der Waals surface area contributed by atoms with Crippen molar-refractivity contribution in [2.75, 3.05) is 4.90 Å². The number of aryl methyl sites for hydroxylation is 2. The van der Waals surface area contributed by atoms with Gasteiger partial charge in [0.15, 0.2) is 0 Å². The molecule has 3 heterocycles. The van der Waals surface area contributed by atoms with Gasteiger partial charge in [-0.25, -0.2) is 4.90 Å². The Balaban J connectivity index is 1.76. The van der Waals surface area contributed by atoms with Crippen molar-refractivity contribution in [3.05, 3.63) is 74.3 Å². The van der Waals surface area contributed by atoms with Gasteiger partial charge in [0.1, 0.15) is 11.1 Å². The predicted octanol–water partition coefficient (Wildman–Crippen LogP) is 5.89. The Morgan fingerprint density at radius 1 is 1.07 bits per heavy atom. The van der Waals surface area contributed by atoms with Crippen LogP contribution in [0, 0.1) is 39.0 Å². The third-order valence-electron chi connectivity index (χ3n) is 5.25. The van der Waals surface area contributed by atoms with Crippen molar-refractivity contribution in [3.8, 4) is 11.1 Å². The van der Waals surface area contributed by atoms with Gasteiger partial charge in [-0.3, -0.25) is 9.59 Å². The van der Waals surface area contributed by atoms with Crippen molar-refractivity contribution in [1.29, 1.82) is 5.26 Å². The van der Waals surface area contributed by atoms with E-state index in [2.05, 4.69) is 10.6 Å². The molecule has 0 saturated carbocycles. The fourth-order valence-corrected chi connectivity index (χ4v) is 5.60. The van der Waals surface area contributed by atoms with Gasteiger partial charge in [-0.2, -0.15) is 5.26 Å².